The topological polar surface area (TPSA) is 109 Å². The fourth-order valence-corrected chi connectivity index (χ4v) is 3.27. The van der Waals surface area contributed by atoms with E-state index in [4.69, 9.17) is 16.7 Å². The van der Waals surface area contributed by atoms with Gasteiger partial charge < -0.3 is 5.11 Å². The Hall–Kier alpha value is -2.19. The van der Waals surface area contributed by atoms with Crippen LogP contribution in [0.4, 0.5) is 5.82 Å². The number of sulfonamides is 1. The van der Waals surface area contributed by atoms with Crippen molar-refractivity contribution in [1.82, 2.24) is 9.97 Å². The molecule has 0 aliphatic rings. The molecule has 1 aromatic carbocycles. The average Bonchev–Trinajstić information content (AvgIpc) is 2.41. The van der Waals surface area contributed by atoms with Crippen molar-refractivity contribution < 1.29 is 18.3 Å². The van der Waals surface area contributed by atoms with E-state index in [2.05, 4.69) is 14.7 Å². The number of carbonyl (C=O) groups is 1. The summed E-state index contributed by atoms with van der Waals surface area (Å²) in [4.78, 5) is 18.4. The number of carboxylic acid groups (broad SMARTS) is 1. The fraction of sp³-hybridized carbons (Fsp3) is 0.0833. The number of nitrogens with zero attached hydrogens (tertiary/aromatic N) is 2. The highest BCUT2D eigenvalue weighted by atomic mass is 35.5. The molecule has 0 bridgehead atoms. The normalized spacial score (nSPS) is 11.1. The quantitative estimate of drug-likeness (QED) is 0.888. The molecule has 2 rings (SSSR count). The third-order valence-corrected chi connectivity index (χ3v) is 4.35. The van der Waals surface area contributed by atoms with Gasteiger partial charge in [0.2, 0.25) is 0 Å². The maximum Gasteiger partial charge on any atom is 0.336 e. The molecule has 0 amide bonds. The molecule has 0 atom stereocenters. The minimum atomic E-state index is -4.02. The molecule has 2 N–H and O–H groups in total. The summed E-state index contributed by atoms with van der Waals surface area (Å²) < 4.78 is 26.9. The van der Waals surface area contributed by atoms with Gasteiger partial charge in [-0.2, -0.15) is 0 Å². The van der Waals surface area contributed by atoms with Crippen LogP contribution < -0.4 is 4.72 Å². The second-order valence-electron chi connectivity index (χ2n) is 4.08. The Balaban J connectivity index is 2.53. The Kier molecular flexibility index (Phi) is 4.10. The van der Waals surface area contributed by atoms with E-state index in [1.165, 1.54) is 37.6 Å². The molecular formula is C12H10ClN3O4S. The molecule has 1 heterocycles. The lowest BCUT2D eigenvalue weighted by molar-refractivity contribution is 0.0696. The first-order valence-electron chi connectivity index (χ1n) is 5.63. The predicted molar refractivity (Wildman–Crippen MR) is 76.0 cm³/mol. The van der Waals surface area contributed by atoms with E-state index in [1.54, 1.807) is 0 Å². The van der Waals surface area contributed by atoms with Crippen LogP contribution in [0.1, 0.15) is 15.9 Å². The van der Waals surface area contributed by atoms with E-state index in [0.717, 1.165) is 0 Å². The molecule has 0 unspecified atom stereocenters. The highest BCUT2D eigenvalue weighted by Crippen LogP contribution is 2.25. The van der Waals surface area contributed by atoms with Gasteiger partial charge in [0.25, 0.3) is 10.0 Å². The first kappa shape index (κ1) is 15.2. The lowest BCUT2D eigenvalue weighted by Gasteiger charge is -2.11. The summed E-state index contributed by atoms with van der Waals surface area (Å²) in [5.41, 5.74) is -0.0923. The number of hydrogen-bond acceptors (Lipinski definition) is 5. The maximum absolute atomic E-state index is 12.3. The lowest BCUT2D eigenvalue weighted by Crippen LogP contribution is -2.17. The number of anilines is 1. The zero-order valence-corrected chi connectivity index (χ0v) is 12.3. The second-order valence-corrected chi connectivity index (χ2v) is 6.17. The van der Waals surface area contributed by atoms with Crippen molar-refractivity contribution in [3.05, 3.63) is 46.9 Å². The van der Waals surface area contributed by atoms with Crippen LogP contribution >= 0.6 is 11.6 Å². The number of aromatic nitrogens is 2. The van der Waals surface area contributed by atoms with E-state index in [1.807, 2.05) is 0 Å². The third-order valence-electron chi connectivity index (χ3n) is 2.65. The largest absolute Gasteiger partial charge is 0.478 e. The van der Waals surface area contributed by atoms with Gasteiger partial charge in [0.05, 0.1) is 16.7 Å². The molecule has 21 heavy (non-hydrogen) atoms. The lowest BCUT2D eigenvalue weighted by atomic mass is 10.1. The van der Waals surface area contributed by atoms with Crippen LogP contribution in [-0.2, 0) is 10.0 Å². The van der Waals surface area contributed by atoms with Crippen molar-refractivity contribution in [3.8, 4) is 0 Å². The number of benzene rings is 1. The molecule has 0 fully saturated rings. The van der Waals surface area contributed by atoms with Gasteiger partial charge in [-0.15, -0.1) is 0 Å². The van der Waals surface area contributed by atoms with Crippen LogP contribution in [0.2, 0.25) is 5.02 Å². The highest BCUT2D eigenvalue weighted by molar-refractivity contribution is 7.92. The third kappa shape index (κ3) is 3.29. The molecule has 0 radical (unpaired) electrons. The monoisotopic (exact) mass is 327 g/mol. The molecular weight excluding hydrogens is 318 g/mol. The van der Waals surface area contributed by atoms with Crippen molar-refractivity contribution in [2.45, 2.75) is 11.8 Å². The second kappa shape index (κ2) is 5.66. The molecule has 0 saturated heterocycles. The molecule has 0 saturated carbocycles. The van der Waals surface area contributed by atoms with Crippen LogP contribution in [0.3, 0.4) is 0 Å². The van der Waals surface area contributed by atoms with Gasteiger partial charge in [-0.05, 0) is 24.6 Å². The SMILES string of the molecule is Cc1c(C(=O)O)cc(Cl)cc1S(=O)(=O)Nc1cnccn1. The van der Waals surface area contributed by atoms with Gasteiger partial charge in [0.1, 0.15) is 0 Å². The predicted octanol–water partition coefficient (Wildman–Crippen LogP) is 1.94. The van der Waals surface area contributed by atoms with Crippen LogP contribution in [0.25, 0.3) is 0 Å². The molecule has 7 nitrogen and oxygen atoms in total. The van der Waals surface area contributed by atoms with Gasteiger partial charge >= 0.3 is 5.97 Å². The Morgan fingerprint density at radius 2 is 2.05 bits per heavy atom. The maximum atomic E-state index is 12.3. The summed E-state index contributed by atoms with van der Waals surface area (Å²) in [5, 5.41) is 9.09. The Bertz CT molecular complexity index is 794. The summed E-state index contributed by atoms with van der Waals surface area (Å²) in [6, 6.07) is 2.38. The summed E-state index contributed by atoms with van der Waals surface area (Å²) >= 11 is 5.79. The number of nitrogens with one attached hydrogen (secondary N) is 1. The van der Waals surface area contributed by atoms with Crippen molar-refractivity contribution in [1.29, 1.82) is 0 Å². The van der Waals surface area contributed by atoms with Crippen LogP contribution in [0.15, 0.2) is 35.6 Å². The van der Waals surface area contributed by atoms with Crippen molar-refractivity contribution in [3.63, 3.8) is 0 Å². The number of carboxylic acids is 1. The Morgan fingerprint density at radius 3 is 2.62 bits per heavy atom. The van der Waals surface area contributed by atoms with E-state index in [0.29, 0.717) is 0 Å². The van der Waals surface area contributed by atoms with Crippen molar-refractivity contribution in [2.24, 2.45) is 0 Å². The van der Waals surface area contributed by atoms with Crippen molar-refractivity contribution >= 4 is 33.4 Å². The van der Waals surface area contributed by atoms with Gasteiger partial charge in [0.15, 0.2) is 5.82 Å². The number of halogens is 1. The summed E-state index contributed by atoms with van der Waals surface area (Å²) in [6.45, 7) is 1.39. The van der Waals surface area contributed by atoms with Crippen LogP contribution in [0, 0.1) is 6.92 Å². The average molecular weight is 328 g/mol. The van der Waals surface area contributed by atoms with E-state index in [-0.39, 0.29) is 26.9 Å². The first-order chi connectivity index (χ1) is 9.81. The number of aromatic carboxylic acids is 1. The minimum Gasteiger partial charge on any atom is -0.478 e. The van der Waals surface area contributed by atoms with Gasteiger partial charge in [-0.3, -0.25) is 9.71 Å². The van der Waals surface area contributed by atoms with Crippen LogP contribution in [0.5, 0.6) is 0 Å². The zero-order valence-electron chi connectivity index (χ0n) is 10.7. The van der Waals surface area contributed by atoms with Gasteiger partial charge in [-0.25, -0.2) is 18.2 Å². The number of hydrogen-bond donors (Lipinski definition) is 2. The van der Waals surface area contributed by atoms with E-state index < -0.39 is 16.0 Å². The summed E-state index contributed by atoms with van der Waals surface area (Å²) in [5.74, 6) is -1.24. The van der Waals surface area contributed by atoms with E-state index >= 15 is 0 Å². The summed E-state index contributed by atoms with van der Waals surface area (Å²) in [6.07, 6.45) is 3.95. The standard InChI is InChI=1S/C12H10ClN3O4S/c1-7-9(12(17)18)4-8(13)5-10(7)21(19,20)16-11-6-14-2-3-15-11/h2-6H,1H3,(H,15,16)(H,17,18). The van der Waals surface area contributed by atoms with E-state index in [9.17, 15) is 13.2 Å². The van der Waals surface area contributed by atoms with Crippen molar-refractivity contribution in [2.75, 3.05) is 4.72 Å². The molecule has 0 aliphatic heterocycles. The fourth-order valence-electron chi connectivity index (χ4n) is 1.70. The highest BCUT2D eigenvalue weighted by Gasteiger charge is 2.22. The molecule has 9 heteroatoms. The van der Waals surface area contributed by atoms with Crippen LogP contribution in [-0.4, -0.2) is 29.5 Å². The van der Waals surface area contributed by atoms with Gasteiger partial charge in [0, 0.05) is 17.4 Å². The van der Waals surface area contributed by atoms with Gasteiger partial charge in [-0.1, -0.05) is 11.6 Å². The summed E-state index contributed by atoms with van der Waals surface area (Å²) in [7, 11) is -4.02. The number of rotatable bonds is 4. The molecule has 2 aromatic rings. The minimum absolute atomic E-state index is 0.0116. The zero-order chi connectivity index (χ0) is 15.6. The molecule has 0 spiro atoms. The molecule has 1 aromatic heterocycles. The first-order valence-corrected chi connectivity index (χ1v) is 7.49. The smallest absolute Gasteiger partial charge is 0.336 e. The molecule has 0 aliphatic carbocycles. The molecule has 110 valence electrons. The Labute approximate surface area is 125 Å². The Morgan fingerprint density at radius 1 is 1.33 bits per heavy atom.